The van der Waals surface area contributed by atoms with Gasteiger partial charge < -0.3 is 19.9 Å². The lowest BCUT2D eigenvalue weighted by Gasteiger charge is -2.17. The van der Waals surface area contributed by atoms with Crippen LogP contribution in [0.4, 0.5) is 4.39 Å². The number of aromatic nitrogens is 2. The topological polar surface area (TPSA) is 93.6 Å². The summed E-state index contributed by atoms with van der Waals surface area (Å²) in [6.45, 7) is -0.125. The van der Waals surface area contributed by atoms with Crippen LogP contribution in [-0.4, -0.2) is 48.4 Å². The molecule has 180 valence electrons. The Kier molecular flexibility index (Phi) is 7.43. The van der Waals surface area contributed by atoms with Crippen molar-refractivity contribution in [1.82, 2.24) is 15.3 Å². The lowest BCUT2D eigenvalue weighted by atomic mass is 10.0. The van der Waals surface area contributed by atoms with Crippen LogP contribution in [0.3, 0.4) is 0 Å². The summed E-state index contributed by atoms with van der Waals surface area (Å²) in [5.41, 5.74) is 2.61. The maximum Gasteiger partial charge on any atom is 0.251 e. The normalized spacial score (nSPS) is 11.8. The van der Waals surface area contributed by atoms with Crippen LogP contribution < -0.4 is 14.8 Å². The monoisotopic (exact) mass is 495 g/mol. The first-order valence-corrected chi connectivity index (χ1v) is 11.1. The van der Waals surface area contributed by atoms with Crippen molar-refractivity contribution in [2.24, 2.45) is 0 Å². The summed E-state index contributed by atoms with van der Waals surface area (Å²) >= 11 is 5.95. The summed E-state index contributed by atoms with van der Waals surface area (Å²) in [5, 5.41) is 13.6. The molecule has 1 unspecified atom stereocenters. The van der Waals surface area contributed by atoms with Gasteiger partial charge in [-0.15, -0.1) is 0 Å². The number of methoxy groups -OCH3 is 2. The second-order valence-electron chi connectivity index (χ2n) is 7.76. The highest BCUT2D eigenvalue weighted by Gasteiger charge is 2.19. The SMILES string of the molecule is COc1ccc(C(CO)CNC(=O)c2cc(OC)c3ncccc3c2)nc1-c1ccc(F)c(Cl)c1. The van der Waals surface area contributed by atoms with Crippen molar-refractivity contribution in [3.05, 3.63) is 82.9 Å². The lowest BCUT2D eigenvalue weighted by Crippen LogP contribution is -2.30. The molecule has 0 radical (unpaired) electrons. The van der Waals surface area contributed by atoms with Gasteiger partial charge >= 0.3 is 0 Å². The quantitative estimate of drug-likeness (QED) is 0.371. The molecule has 4 rings (SSSR count). The number of halogens is 2. The first kappa shape index (κ1) is 24.4. The number of amides is 1. The molecule has 2 heterocycles. The maximum atomic E-state index is 13.6. The summed E-state index contributed by atoms with van der Waals surface area (Å²) in [5.74, 6) is -0.405. The maximum absolute atomic E-state index is 13.6. The van der Waals surface area contributed by atoms with Crippen LogP contribution in [-0.2, 0) is 0 Å². The van der Waals surface area contributed by atoms with Gasteiger partial charge in [0.1, 0.15) is 28.5 Å². The van der Waals surface area contributed by atoms with Crippen molar-refractivity contribution >= 4 is 28.4 Å². The van der Waals surface area contributed by atoms with Crippen LogP contribution in [0.25, 0.3) is 22.2 Å². The van der Waals surface area contributed by atoms with E-state index in [1.807, 2.05) is 6.07 Å². The van der Waals surface area contributed by atoms with Crippen molar-refractivity contribution in [2.75, 3.05) is 27.4 Å². The molecular formula is C26H23ClFN3O4. The van der Waals surface area contributed by atoms with Crippen LogP contribution in [0, 0.1) is 5.82 Å². The van der Waals surface area contributed by atoms with Gasteiger partial charge in [0.2, 0.25) is 0 Å². The molecule has 2 N–H and O–H groups in total. The van der Waals surface area contributed by atoms with E-state index >= 15 is 0 Å². The predicted molar refractivity (Wildman–Crippen MR) is 132 cm³/mol. The largest absolute Gasteiger partial charge is 0.494 e. The summed E-state index contributed by atoms with van der Waals surface area (Å²) < 4.78 is 24.4. The van der Waals surface area contributed by atoms with E-state index in [1.165, 1.54) is 26.4 Å². The van der Waals surface area contributed by atoms with E-state index in [-0.39, 0.29) is 24.1 Å². The van der Waals surface area contributed by atoms with Crippen LogP contribution >= 0.6 is 11.6 Å². The average molecular weight is 496 g/mol. The van der Waals surface area contributed by atoms with E-state index in [4.69, 9.17) is 21.1 Å². The fourth-order valence-corrected chi connectivity index (χ4v) is 3.91. The Morgan fingerprint density at radius 3 is 2.63 bits per heavy atom. The average Bonchev–Trinajstić information content (AvgIpc) is 2.89. The smallest absolute Gasteiger partial charge is 0.251 e. The second kappa shape index (κ2) is 10.7. The second-order valence-corrected chi connectivity index (χ2v) is 8.17. The number of aliphatic hydroxyl groups excluding tert-OH is 1. The van der Waals surface area contributed by atoms with Gasteiger partial charge in [-0.1, -0.05) is 17.7 Å². The molecule has 2 aromatic carbocycles. The van der Waals surface area contributed by atoms with Crippen LogP contribution in [0.15, 0.2) is 60.8 Å². The fraction of sp³-hybridized carbons (Fsp3) is 0.192. The molecule has 1 atom stereocenters. The number of carbonyl (C=O) groups is 1. The number of carbonyl (C=O) groups excluding carboxylic acids is 1. The Morgan fingerprint density at radius 1 is 1.11 bits per heavy atom. The Bertz CT molecular complexity index is 1380. The summed E-state index contributed by atoms with van der Waals surface area (Å²) in [7, 11) is 3.02. The number of rotatable bonds is 8. The third-order valence-electron chi connectivity index (χ3n) is 5.59. The molecule has 35 heavy (non-hydrogen) atoms. The number of ether oxygens (including phenoxy) is 2. The molecule has 7 nitrogen and oxygen atoms in total. The number of benzene rings is 2. The van der Waals surface area contributed by atoms with Crippen molar-refractivity contribution in [3.63, 3.8) is 0 Å². The molecular weight excluding hydrogens is 473 g/mol. The van der Waals surface area contributed by atoms with Crippen molar-refractivity contribution in [2.45, 2.75) is 5.92 Å². The minimum atomic E-state index is -0.539. The molecule has 4 aromatic rings. The van der Waals surface area contributed by atoms with E-state index in [1.54, 1.807) is 42.6 Å². The van der Waals surface area contributed by atoms with Crippen molar-refractivity contribution in [1.29, 1.82) is 0 Å². The number of nitrogens with zero attached hydrogens (tertiary/aromatic N) is 2. The fourth-order valence-electron chi connectivity index (χ4n) is 3.73. The van der Waals surface area contributed by atoms with Crippen LogP contribution in [0.1, 0.15) is 22.0 Å². The van der Waals surface area contributed by atoms with Gasteiger partial charge in [0.15, 0.2) is 0 Å². The number of hydrogen-bond acceptors (Lipinski definition) is 6. The van der Waals surface area contributed by atoms with Gasteiger partial charge in [-0.2, -0.15) is 0 Å². The number of pyridine rings is 2. The summed E-state index contributed by atoms with van der Waals surface area (Å²) in [6, 6.07) is 14.7. The van der Waals surface area contributed by atoms with Crippen LogP contribution in [0.5, 0.6) is 11.5 Å². The highest BCUT2D eigenvalue weighted by Crippen LogP contribution is 2.32. The molecule has 1 amide bonds. The first-order chi connectivity index (χ1) is 16.9. The van der Waals surface area contributed by atoms with E-state index in [0.29, 0.717) is 39.5 Å². The van der Waals surface area contributed by atoms with Gasteiger partial charge in [0.05, 0.1) is 25.8 Å². The third-order valence-corrected chi connectivity index (χ3v) is 5.88. The molecule has 0 aliphatic rings. The van der Waals surface area contributed by atoms with E-state index in [0.717, 1.165) is 5.39 Å². The molecule has 0 aliphatic carbocycles. The number of aliphatic hydroxyl groups is 1. The highest BCUT2D eigenvalue weighted by atomic mass is 35.5. The number of nitrogens with one attached hydrogen (secondary N) is 1. The third kappa shape index (κ3) is 5.18. The minimum absolute atomic E-state index is 0.0382. The zero-order valence-corrected chi connectivity index (χ0v) is 19.8. The highest BCUT2D eigenvalue weighted by molar-refractivity contribution is 6.31. The molecule has 9 heteroatoms. The van der Waals surface area contributed by atoms with Gasteiger partial charge in [-0.05, 0) is 48.5 Å². The van der Waals surface area contributed by atoms with Gasteiger partial charge in [-0.25, -0.2) is 9.37 Å². The Labute approximate surface area is 206 Å². The first-order valence-electron chi connectivity index (χ1n) is 10.8. The van der Waals surface area contributed by atoms with Gasteiger partial charge in [0.25, 0.3) is 5.91 Å². The molecule has 2 aromatic heterocycles. The van der Waals surface area contributed by atoms with Crippen molar-refractivity contribution < 1.29 is 23.8 Å². The zero-order valence-electron chi connectivity index (χ0n) is 19.1. The molecule has 0 spiro atoms. The number of hydrogen-bond donors (Lipinski definition) is 2. The Balaban J connectivity index is 1.57. The lowest BCUT2D eigenvalue weighted by molar-refractivity contribution is 0.0947. The summed E-state index contributed by atoms with van der Waals surface area (Å²) in [4.78, 5) is 21.8. The van der Waals surface area contributed by atoms with Gasteiger partial charge in [-0.3, -0.25) is 9.78 Å². The molecule has 0 aliphatic heterocycles. The van der Waals surface area contributed by atoms with Gasteiger partial charge in [0, 0.05) is 40.9 Å². The minimum Gasteiger partial charge on any atom is -0.494 e. The molecule has 0 bridgehead atoms. The Hall–Kier alpha value is -3.75. The predicted octanol–water partition coefficient (Wildman–Crippen LogP) is 4.61. The summed E-state index contributed by atoms with van der Waals surface area (Å²) in [6.07, 6.45) is 1.66. The molecule has 0 saturated heterocycles. The van der Waals surface area contributed by atoms with E-state index in [9.17, 15) is 14.3 Å². The van der Waals surface area contributed by atoms with Crippen molar-refractivity contribution in [3.8, 4) is 22.8 Å². The van der Waals surface area contributed by atoms with E-state index in [2.05, 4.69) is 15.3 Å². The Morgan fingerprint density at radius 2 is 1.91 bits per heavy atom. The molecule has 0 fully saturated rings. The van der Waals surface area contributed by atoms with Crippen LogP contribution in [0.2, 0.25) is 5.02 Å². The number of fused-ring (bicyclic) bond motifs is 1. The van der Waals surface area contributed by atoms with E-state index < -0.39 is 11.7 Å². The zero-order chi connectivity index (χ0) is 24.9. The molecule has 0 saturated carbocycles. The standard InChI is InChI=1S/C26H23ClFN3O4/c1-34-22-8-7-21(31-25(22)16-5-6-20(28)19(27)11-16)18(14-32)13-30-26(33)17-10-15-4-3-9-29-24(15)23(12-17)35-2/h3-12,18,32H,13-14H2,1-2H3,(H,30,33).